The summed E-state index contributed by atoms with van der Waals surface area (Å²) in [5, 5.41) is 11.0. The van der Waals surface area contributed by atoms with Crippen LogP contribution in [0.2, 0.25) is 0 Å². The van der Waals surface area contributed by atoms with Crippen molar-refractivity contribution in [3.05, 3.63) is 46.5 Å². The van der Waals surface area contributed by atoms with Gasteiger partial charge >= 0.3 is 0 Å². The number of aromatic nitrogens is 2. The van der Waals surface area contributed by atoms with Gasteiger partial charge in [0.05, 0.1) is 17.2 Å². The molecule has 2 rings (SSSR count). The highest BCUT2D eigenvalue weighted by atomic mass is 32.2. The fourth-order valence-corrected chi connectivity index (χ4v) is 2.75. The summed E-state index contributed by atoms with van der Waals surface area (Å²) < 4.78 is 26.5. The van der Waals surface area contributed by atoms with Gasteiger partial charge in [-0.15, -0.1) is 0 Å². The molecule has 0 fully saturated rings. The van der Waals surface area contributed by atoms with E-state index in [4.69, 9.17) is 5.84 Å². The molecule has 11 heteroatoms. The predicted molar refractivity (Wildman–Crippen MR) is 73.5 cm³/mol. The fraction of sp³-hybridized carbons (Fsp3) is 0.100. The first kappa shape index (κ1) is 14.9. The SMILES string of the molecule is NNc1ccc(S(=O)(=O)NCc2ncc[nH]2)c([N+](=O)[O-])c1. The van der Waals surface area contributed by atoms with Crippen LogP contribution in [0.5, 0.6) is 0 Å². The van der Waals surface area contributed by atoms with E-state index in [0.29, 0.717) is 5.82 Å². The van der Waals surface area contributed by atoms with Gasteiger partial charge in [-0.3, -0.25) is 16.0 Å². The average molecular weight is 312 g/mol. The fourth-order valence-electron chi connectivity index (χ4n) is 1.61. The third kappa shape index (κ3) is 3.34. The van der Waals surface area contributed by atoms with Gasteiger partial charge in [0.2, 0.25) is 10.0 Å². The number of nitro benzene ring substituents is 1. The number of aromatic amines is 1. The van der Waals surface area contributed by atoms with Gasteiger partial charge in [-0.25, -0.2) is 18.1 Å². The zero-order chi connectivity index (χ0) is 15.5. The van der Waals surface area contributed by atoms with Crippen molar-refractivity contribution in [1.29, 1.82) is 0 Å². The number of nitrogens with two attached hydrogens (primary N) is 1. The monoisotopic (exact) mass is 312 g/mol. The molecule has 0 saturated carbocycles. The van der Waals surface area contributed by atoms with Crippen LogP contribution in [0.15, 0.2) is 35.5 Å². The summed E-state index contributed by atoms with van der Waals surface area (Å²) in [7, 11) is -4.06. The number of hydrogen-bond donors (Lipinski definition) is 4. The molecule has 0 atom stereocenters. The predicted octanol–water partition coefficient (Wildman–Crippen LogP) is 0.0820. The molecule has 1 heterocycles. The molecule has 5 N–H and O–H groups in total. The zero-order valence-corrected chi connectivity index (χ0v) is 11.4. The smallest absolute Gasteiger partial charge is 0.291 e. The van der Waals surface area contributed by atoms with E-state index in [0.717, 1.165) is 12.1 Å². The normalized spacial score (nSPS) is 11.3. The number of nitro groups is 1. The van der Waals surface area contributed by atoms with Crippen LogP contribution in [0.3, 0.4) is 0 Å². The number of rotatable bonds is 6. The Hall–Kier alpha value is -2.50. The number of benzene rings is 1. The van der Waals surface area contributed by atoms with E-state index in [1.165, 1.54) is 18.5 Å². The molecule has 0 unspecified atom stereocenters. The van der Waals surface area contributed by atoms with Crippen molar-refractivity contribution < 1.29 is 13.3 Å². The summed E-state index contributed by atoms with van der Waals surface area (Å²) in [5.74, 6) is 5.54. The van der Waals surface area contributed by atoms with Gasteiger partial charge in [0.25, 0.3) is 5.69 Å². The second-order valence-corrected chi connectivity index (χ2v) is 5.68. The number of anilines is 1. The lowest BCUT2D eigenvalue weighted by Crippen LogP contribution is -2.24. The van der Waals surface area contributed by atoms with Gasteiger partial charge in [0.15, 0.2) is 4.90 Å². The average Bonchev–Trinajstić information content (AvgIpc) is 2.98. The molecule has 0 aliphatic heterocycles. The van der Waals surface area contributed by atoms with Gasteiger partial charge < -0.3 is 10.4 Å². The van der Waals surface area contributed by atoms with Crippen molar-refractivity contribution in [1.82, 2.24) is 14.7 Å². The third-order valence-electron chi connectivity index (χ3n) is 2.60. The van der Waals surface area contributed by atoms with Crippen LogP contribution in [0.25, 0.3) is 0 Å². The first-order valence-electron chi connectivity index (χ1n) is 5.67. The second kappa shape index (κ2) is 5.87. The number of nitrogen functional groups attached to an aromatic ring is 1. The van der Waals surface area contributed by atoms with Crippen LogP contribution < -0.4 is 16.0 Å². The van der Waals surface area contributed by atoms with Crippen molar-refractivity contribution in [2.45, 2.75) is 11.4 Å². The maximum Gasteiger partial charge on any atom is 0.291 e. The van der Waals surface area contributed by atoms with Crippen molar-refractivity contribution in [2.24, 2.45) is 5.84 Å². The minimum atomic E-state index is -4.06. The van der Waals surface area contributed by atoms with Gasteiger partial charge in [0, 0.05) is 18.5 Å². The molecule has 112 valence electrons. The summed E-state index contributed by atoms with van der Waals surface area (Å²) in [6.07, 6.45) is 3.00. The number of nitrogens with zero attached hydrogens (tertiary/aromatic N) is 2. The second-order valence-electron chi connectivity index (χ2n) is 3.94. The van der Waals surface area contributed by atoms with Crippen LogP contribution in [0, 0.1) is 10.1 Å². The van der Waals surface area contributed by atoms with Crippen LogP contribution in [0.1, 0.15) is 5.82 Å². The van der Waals surface area contributed by atoms with E-state index in [-0.39, 0.29) is 12.2 Å². The summed E-state index contributed by atoms with van der Waals surface area (Å²) >= 11 is 0. The molecule has 10 nitrogen and oxygen atoms in total. The topological polar surface area (TPSA) is 156 Å². The van der Waals surface area contributed by atoms with Crippen LogP contribution in [0.4, 0.5) is 11.4 Å². The minimum Gasteiger partial charge on any atom is -0.347 e. The largest absolute Gasteiger partial charge is 0.347 e. The highest BCUT2D eigenvalue weighted by Crippen LogP contribution is 2.26. The third-order valence-corrected chi connectivity index (χ3v) is 4.04. The zero-order valence-electron chi connectivity index (χ0n) is 10.6. The number of sulfonamides is 1. The first-order valence-corrected chi connectivity index (χ1v) is 7.15. The Morgan fingerprint density at radius 2 is 2.19 bits per heavy atom. The van der Waals surface area contributed by atoms with Crippen LogP contribution >= 0.6 is 0 Å². The summed E-state index contributed by atoms with van der Waals surface area (Å²) in [4.78, 5) is 16.3. The van der Waals surface area contributed by atoms with E-state index in [1.807, 2.05) is 0 Å². The summed E-state index contributed by atoms with van der Waals surface area (Å²) in [5.41, 5.74) is 1.88. The lowest BCUT2D eigenvalue weighted by Gasteiger charge is -2.07. The molecule has 0 aliphatic carbocycles. The van der Waals surface area contributed by atoms with E-state index in [1.54, 1.807) is 0 Å². The molecule has 0 saturated heterocycles. The molecule has 0 spiro atoms. The molecule has 0 amide bonds. The number of imidazole rings is 1. The molecule has 1 aromatic carbocycles. The van der Waals surface area contributed by atoms with Gasteiger partial charge in [-0.05, 0) is 12.1 Å². The standard InChI is InChI=1S/C10H12N6O4S/c11-15-7-1-2-9(8(5-7)16(17)18)21(19,20)14-6-10-12-3-4-13-10/h1-5,14-15H,6,11H2,(H,12,13). The van der Waals surface area contributed by atoms with Crippen molar-refractivity contribution in [3.8, 4) is 0 Å². The number of H-pyrrole nitrogens is 1. The van der Waals surface area contributed by atoms with E-state index >= 15 is 0 Å². The molecule has 0 aliphatic rings. The number of hydrazine groups is 1. The van der Waals surface area contributed by atoms with E-state index < -0.39 is 25.5 Å². The Bertz CT molecular complexity index is 743. The van der Waals surface area contributed by atoms with Crippen LogP contribution in [-0.2, 0) is 16.6 Å². The first-order chi connectivity index (χ1) is 9.94. The summed E-state index contributed by atoms with van der Waals surface area (Å²) in [6, 6.07) is 3.48. The Kier molecular flexibility index (Phi) is 4.16. The van der Waals surface area contributed by atoms with E-state index in [9.17, 15) is 18.5 Å². The molecule has 1 aromatic heterocycles. The van der Waals surface area contributed by atoms with Crippen molar-refractivity contribution >= 4 is 21.4 Å². The van der Waals surface area contributed by atoms with Crippen LogP contribution in [-0.4, -0.2) is 23.3 Å². The highest BCUT2D eigenvalue weighted by Gasteiger charge is 2.26. The van der Waals surface area contributed by atoms with Gasteiger partial charge in [-0.2, -0.15) is 0 Å². The van der Waals surface area contributed by atoms with Crippen molar-refractivity contribution in [3.63, 3.8) is 0 Å². The number of nitrogens with one attached hydrogen (secondary N) is 3. The Balaban J connectivity index is 2.32. The Morgan fingerprint density at radius 1 is 1.43 bits per heavy atom. The molecule has 21 heavy (non-hydrogen) atoms. The van der Waals surface area contributed by atoms with Crippen molar-refractivity contribution in [2.75, 3.05) is 5.43 Å². The van der Waals surface area contributed by atoms with E-state index in [2.05, 4.69) is 20.1 Å². The molecule has 0 bridgehead atoms. The highest BCUT2D eigenvalue weighted by molar-refractivity contribution is 7.89. The van der Waals surface area contributed by atoms with Gasteiger partial charge in [-0.1, -0.05) is 0 Å². The quantitative estimate of drug-likeness (QED) is 0.334. The lowest BCUT2D eigenvalue weighted by atomic mass is 10.3. The summed E-state index contributed by atoms with van der Waals surface area (Å²) in [6.45, 7) is -0.108. The lowest BCUT2D eigenvalue weighted by molar-refractivity contribution is -0.387. The maximum absolute atomic E-state index is 12.1. The molecule has 0 radical (unpaired) electrons. The Morgan fingerprint density at radius 3 is 2.76 bits per heavy atom. The van der Waals surface area contributed by atoms with Gasteiger partial charge in [0.1, 0.15) is 5.82 Å². The molecular weight excluding hydrogens is 300 g/mol. The Labute approximate surface area is 119 Å². The molecular formula is C10H12N6O4S. The number of hydrogen-bond acceptors (Lipinski definition) is 7. The maximum atomic E-state index is 12.1. The molecule has 2 aromatic rings. The minimum absolute atomic E-state index is 0.108.